The summed E-state index contributed by atoms with van der Waals surface area (Å²) in [6.07, 6.45) is 10.5. The van der Waals surface area contributed by atoms with E-state index in [9.17, 15) is 4.79 Å². The van der Waals surface area contributed by atoms with Gasteiger partial charge in [0, 0.05) is 36.3 Å². The van der Waals surface area contributed by atoms with Crippen LogP contribution in [0, 0.1) is 6.92 Å². The largest absolute Gasteiger partial charge is 0.376 e. The molecule has 1 atom stereocenters. The van der Waals surface area contributed by atoms with Gasteiger partial charge in [-0.3, -0.25) is 4.79 Å². The number of rotatable bonds is 8. The van der Waals surface area contributed by atoms with Crippen LogP contribution in [-0.4, -0.2) is 34.7 Å². The Morgan fingerprint density at radius 3 is 2.94 bits per heavy atom. The molecule has 1 saturated heterocycles. The minimum atomic E-state index is -0.0450. The number of allylic oxidation sites excluding steroid dienone is 2. The first-order chi connectivity index (χ1) is 17.1. The van der Waals surface area contributed by atoms with Gasteiger partial charge >= 0.3 is 0 Å². The highest BCUT2D eigenvalue weighted by Gasteiger charge is 2.23. The molecule has 35 heavy (non-hydrogen) atoms. The van der Waals surface area contributed by atoms with Crippen LogP contribution in [0.4, 0.5) is 0 Å². The predicted molar refractivity (Wildman–Crippen MR) is 143 cm³/mol. The zero-order valence-corrected chi connectivity index (χ0v) is 21.8. The lowest BCUT2D eigenvalue weighted by molar-refractivity contribution is 0.0857. The van der Waals surface area contributed by atoms with E-state index in [4.69, 9.17) is 21.3 Å². The molecular weight excluding hydrogens is 478 g/mol. The smallest absolute Gasteiger partial charge is 0.253 e. The van der Waals surface area contributed by atoms with Crippen molar-refractivity contribution in [1.82, 2.24) is 14.9 Å². The molecule has 7 heteroatoms. The van der Waals surface area contributed by atoms with Gasteiger partial charge in [-0.1, -0.05) is 41.4 Å². The highest BCUT2D eigenvalue weighted by Crippen LogP contribution is 2.35. The Kier molecular flexibility index (Phi) is 7.71. The van der Waals surface area contributed by atoms with Crippen LogP contribution in [0.5, 0.6) is 0 Å². The van der Waals surface area contributed by atoms with Gasteiger partial charge in [0.15, 0.2) is 0 Å². The number of carbonyl (C=O) groups excluding carboxylic acids is 1. The van der Waals surface area contributed by atoms with Gasteiger partial charge in [-0.05, 0) is 64.0 Å². The molecule has 3 aromatic rings. The summed E-state index contributed by atoms with van der Waals surface area (Å²) >= 11 is 8.01. The quantitative estimate of drug-likeness (QED) is 0.331. The third-order valence-electron chi connectivity index (χ3n) is 7.04. The van der Waals surface area contributed by atoms with E-state index >= 15 is 0 Å². The second-order valence-electron chi connectivity index (χ2n) is 9.40. The fraction of sp³-hybridized carbons (Fsp3) is 0.429. The number of nitrogens with one attached hydrogen (secondary N) is 1. The molecule has 5 rings (SSSR count). The molecule has 0 bridgehead atoms. The molecular formula is C28H32ClN3O2S. The molecule has 2 aliphatic rings. The molecule has 1 aliphatic heterocycles. The zero-order chi connectivity index (χ0) is 24.2. The van der Waals surface area contributed by atoms with E-state index in [1.54, 1.807) is 11.3 Å². The van der Waals surface area contributed by atoms with E-state index < -0.39 is 0 Å². The topological polar surface area (TPSA) is 56.1 Å². The Labute approximate surface area is 216 Å². The molecule has 1 aromatic carbocycles. The van der Waals surface area contributed by atoms with Crippen LogP contribution < -0.4 is 5.32 Å². The first-order valence-corrected chi connectivity index (χ1v) is 13.8. The fourth-order valence-electron chi connectivity index (χ4n) is 5.02. The number of thiazole rings is 1. The number of benzene rings is 1. The highest BCUT2D eigenvalue weighted by molar-refractivity contribution is 7.13. The number of amides is 1. The van der Waals surface area contributed by atoms with Crippen LogP contribution >= 0.6 is 22.9 Å². The number of carbonyl (C=O) groups is 1. The number of hydrogen-bond donors (Lipinski definition) is 1. The average molecular weight is 510 g/mol. The van der Waals surface area contributed by atoms with Crippen molar-refractivity contribution in [3.05, 3.63) is 63.6 Å². The number of aromatic nitrogens is 2. The number of halogens is 1. The van der Waals surface area contributed by atoms with Crippen LogP contribution in [0.15, 0.2) is 47.4 Å². The molecule has 1 aliphatic carbocycles. The van der Waals surface area contributed by atoms with Crippen LogP contribution in [-0.2, 0) is 11.3 Å². The SMILES string of the molecule is Cc1c(C(=O)NCC2CCCO2)cc(-c2csc(-c3ccccc3Cl)n2)n1CCC1=CCCCC1. The first kappa shape index (κ1) is 24.3. The van der Waals surface area contributed by atoms with Crippen molar-refractivity contribution in [1.29, 1.82) is 0 Å². The Morgan fingerprint density at radius 1 is 1.29 bits per heavy atom. The minimum Gasteiger partial charge on any atom is -0.376 e. The number of hydrogen-bond acceptors (Lipinski definition) is 4. The third-order valence-corrected chi connectivity index (χ3v) is 8.24. The summed E-state index contributed by atoms with van der Waals surface area (Å²) in [5.41, 5.74) is 6.01. The van der Waals surface area contributed by atoms with Crippen LogP contribution in [0.25, 0.3) is 22.0 Å². The second kappa shape index (κ2) is 11.1. The van der Waals surface area contributed by atoms with Crippen LogP contribution in [0.1, 0.15) is 61.0 Å². The number of ether oxygens (including phenoxy) is 1. The van der Waals surface area contributed by atoms with Crippen LogP contribution in [0.2, 0.25) is 5.02 Å². The van der Waals surface area contributed by atoms with Crippen molar-refractivity contribution >= 4 is 28.8 Å². The zero-order valence-electron chi connectivity index (χ0n) is 20.2. The molecule has 0 spiro atoms. The maximum atomic E-state index is 13.2. The highest BCUT2D eigenvalue weighted by atomic mass is 35.5. The summed E-state index contributed by atoms with van der Waals surface area (Å²) in [4.78, 5) is 18.1. The fourth-order valence-corrected chi connectivity index (χ4v) is 6.15. The summed E-state index contributed by atoms with van der Waals surface area (Å²) < 4.78 is 7.95. The molecule has 0 radical (unpaired) electrons. The minimum absolute atomic E-state index is 0.0450. The predicted octanol–water partition coefficient (Wildman–Crippen LogP) is 7.04. The van der Waals surface area contributed by atoms with E-state index in [0.29, 0.717) is 17.1 Å². The van der Waals surface area contributed by atoms with Crippen molar-refractivity contribution < 1.29 is 9.53 Å². The van der Waals surface area contributed by atoms with Crippen molar-refractivity contribution in [2.75, 3.05) is 13.2 Å². The molecule has 1 amide bonds. The Balaban J connectivity index is 1.43. The van der Waals surface area contributed by atoms with E-state index in [2.05, 4.69) is 21.3 Å². The number of nitrogens with zero attached hydrogens (tertiary/aromatic N) is 2. The van der Waals surface area contributed by atoms with E-state index in [1.165, 1.54) is 31.3 Å². The molecule has 184 valence electrons. The maximum absolute atomic E-state index is 13.2. The van der Waals surface area contributed by atoms with Gasteiger partial charge in [0.25, 0.3) is 5.91 Å². The first-order valence-electron chi connectivity index (χ1n) is 12.6. The standard InChI is InChI=1S/C28H32ClN3O2S/c1-19-23(27(33)30-17-21-10-7-15-34-21)16-26(32(19)14-13-20-8-3-2-4-9-20)25-18-35-28(31-25)22-11-5-6-12-24(22)29/h5-6,8,11-12,16,18,21H,2-4,7,9-10,13-15,17H2,1H3,(H,30,33). The Bertz CT molecular complexity index is 1220. The molecule has 3 heterocycles. The van der Waals surface area contributed by atoms with Gasteiger partial charge in [-0.25, -0.2) is 4.98 Å². The molecule has 1 fully saturated rings. The Hall–Kier alpha value is -2.41. The summed E-state index contributed by atoms with van der Waals surface area (Å²) in [5, 5.41) is 6.74. The van der Waals surface area contributed by atoms with Crippen molar-refractivity contribution in [2.24, 2.45) is 0 Å². The van der Waals surface area contributed by atoms with Gasteiger partial charge in [-0.15, -0.1) is 11.3 Å². The molecule has 2 aromatic heterocycles. The summed E-state index contributed by atoms with van der Waals surface area (Å²) in [7, 11) is 0. The van der Waals surface area contributed by atoms with Gasteiger partial charge in [-0.2, -0.15) is 0 Å². The molecule has 0 saturated carbocycles. The lowest BCUT2D eigenvalue weighted by atomic mass is 9.97. The second-order valence-corrected chi connectivity index (χ2v) is 10.7. The monoisotopic (exact) mass is 509 g/mol. The molecule has 1 unspecified atom stereocenters. The lowest BCUT2D eigenvalue weighted by Gasteiger charge is -2.16. The normalized spacial score (nSPS) is 18.0. The maximum Gasteiger partial charge on any atom is 0.253 e. The van der Waals surface area contributed by atoms with E-state index in [-0.39, 0.29) is 12.0 Å². The third kappa shape index (κ3) is 5.55. The van der Waals surface area contributed by atoms with Crippen molar-refractivity contribution in [3.63, 3.8) is 0 Å². The van der Waals surface area contributed by atoms with E-state index in [1.807, 2.05) is 37.3 Å². The van der Waals surface area contributed by atoms with Crippen LogP contribution in [0.3, 0.4) is 0 Å². The average Bonchev–Trinajstić information content (AvgIpc) is 3.63. The summed E-state index contributed by atoms with van der Waals surface area (Å²) in [5.74, 6) is -0.0450. The molecule has 5 nitrogen and oxygen atoms in total. The van der Waals surface area contributed by atoms with Crippen molar-refractivity contribution in [3.8, 4) is 22.0 Å². The summed E-state index contributed by atoms with van der Waals surface area (Å²) in [6.45, 7) is 4.22. The van der Waals surface area contributed by atoms with Crippen molar-refractivity contribution in [2.45, 2.75) is 64.5 Å². The Morgan fingerprint density at radius 2 is 2.17 bits per heavy atom. The van der Waals surface area contributed by atoms with Gasteiger partial charge in [0.1, 0.15) is 5.01 Å². The van der Waals surface area contributed by atoms with Gasteiger partial charge in [0.05, 0.1) is 28.1 Å². The summed E-state index contributed by atoms with van der Waals surface area (Å²) in [6, 6.07) is 9.79. The van der Waals surface area contributed by atoms with E-state index in [0.717, 1.165) is 60.1 Å². The van der Waals surface area contributed by atoms with Gasteiger partial charge < -0.3 is 14.6 Å². The van der Waals surface area contributed by atoms with Gasteiger partial charge in [0.2, 0.25) is 0 Å². The molecule has 1 N–H and O–H groups in total. The lowest BCUT2D eigenvalue weighted by Crippen LogP contribution is -2.32.